The highest BCUT2D eigenvalue weighted by molar-refractivity contribution is 6.32. The fourth-order valence-electron chi connectivity index (χ4n) is 2.53. The van der Waals surface area contributed by atoms with Crippen molar-refractivity contribution in [3.05, 3.63) is 29.0 Å². The van der Waals surface area contributed by atoms with Crippen LogP contribution in [0.1, 0.15) is 26.7 Å². The Balaban J connectivity index is 1.84. The number of ether oxygens (including phenoxy) is 1. The Hall–Kier alpha value is -1.33. The average Bonchev–Trinajstić information content (AvgIpc) is 2.50. The predicted molar refractivity (Wildman–Crippen MR) is 84.8 cm³/mol. The summed E-state index contributed by atoms with van der Waals surface area (Å²) in [7, 11) is 0. The van der Waals surface area contributed by atoms with Crippen LogP contribution in [0.4, 0.5) is 4.39 Å². The van der Waals surface area contributed by atoms with Crippen LogP contribution in [0, 0.1) is 5.82 Å². The van der Waals surface area contributed by atoms with Crippen molar-refractivity contribution in [2.24, 2.45) is 0 Å². The van der Waals surface area contributed by atoms with Gasteiger partial charge in [-0.15, -0.1) is 0 Å². The summed E-state index contributed by atoms with van der Waals surface area (Å²) in [4.78, 5) is 14.5. The largest absolute Gasteiger partial charge is 0.479 e. The van der Waals surface area contributed by atoms with E-state index >= 15 is 0 Å². The summed E-state index contributed by atoms with van der Waals surface area (Å²) >= 11 is 5.90. The zero-order valence-corrected chi connectivity index (χ0v) is 13.7. The summed E-state index contributed by atoms with van der Waals surface area (Å²) in [6.45, 7) is 6.85. The molecule has 1 fully saturated rings. The van der Waals surface area contributed by atoms with E-state index in [1.54, 1.807) is 6.92 Å². The molecule has 4 nitrogen and oxygen atoms in total. The highest BCUT2D eigenvalue weighted by Gasteiger charge is 2.23. The molecule has 2 rings (SSSR count). The first-order valence-electron chi connectivity index (χ1n) is 7.64. The summed E-state index contributed by atoms with van der Waals surface area (Å²) in [5, 5.41) is 3.17. The highest BCUT2D eigenvalue weighted by Crippen LogP contribution is 2.25. The van der Waals surface area contributed by atoms with E-state index in [1.807, 2.05) is 0 Å². The molecule has 0 saturated carbocycles. The van der Waals surface area contributed by atoms with Crippen LogP contribution >= 0.6 is 11.6 Å². The number of nitrogens with zero attached hydrogens (tertiary/aromatic N) is 1. The molecule has 122 valence electrons. The van der Waals surface area contributed by atoms with E-state index in [-0.39, 0.29) is 17.0 Å². The second kappa shape index (κ2) is 7.79. The van der Waals surface area contributed by atoms with Gasteiger partial charge in [0.25, 0.3) is 5.91 Å². The maximum absolute atomic E-state index is 13.0. The van der Waals surface area contributed by atoms with Crippen LogP contribution < -0.4 is 10.1 Å². The van der Waals surface area contributed by atoms with Gasteiger partial charge in [-0.3, -0.25) is 4.79 Å². The zero-order valence-electron chi connectivity index (χ0n) is 12.9. The summed E-state index contributed by atoms with van der Waals surface area (Å²) in [5.41, 5.74) is 0. The molecule has 0 radical (unpaired) electrons. The molecule has 1 amide bonds. The van der Waals surface area contributed by atoms with Crippen LogP contribution in [0.25, 0.3) is 0 Å². The fourth-order valence-corrected chi connectivity index (χ4v) is 2.74. The molecule has 0 unspecified atom stereocenters. The number of rotatable bonds is 5. The van der Waals surface area contributed by atoms with E-state index in [2.05, 4.69) is 17.1 Å². The van der Waals surface area contributed by atoms with Gasteiger partial charge in [0.1, 0.15) is 11.6 Å². The summed E-state index contributed by atoms with van der Waals surface area (Å²) in [6, 6.07) is 4.04. The van der Waals surface area contributed by atoms with Gasteiger partial charge in [-0.1, -0.05) is 18.5 Å². The van der Waals surface area contributed by atoms with Crippen molar-refractivity contribution >= 4 is 17.5 Å². The number of likely N-dealkylation sites (tertiary alicyclic amines) is 1. The molecule has 1 saturated heterocycles. The van der Waals surface area contributed by atoms with Crippen LogP contribution in [0.3, 0.4) is 0 Å². The van der Waals surface area contributed by atoms with Gasteiger partial charge in [0, 0.05) is 19.1 Å². The Bertz CT molecular complexity index is 519. The zero-order chi connectivity index (χ0) is 16.1. The second-order valence-corrected chi connectivity index (χ2v) is 5.96. The van der Waals surface area contributed by atoms with E-state index in [9.17, 15) is 9.18 Å². The number of hydrogen-bond acceptors (Lipinski definition) is 3. The molecule has 0 aliphatic carbocycles. The SMILES string of the molecule is CCN1CCC(NC(=O)[C@H](C)Oc2ccc(F)cc2Cl)CC1. The lowest BCUT2D eigenvalue weighted by Gasteiger charge is -2.32. The van der Waals surface area contributed by atoms with Crippen LogP contribution in [-0.4, -0.2) is 42.6 Å². The predicted octanol–water partition coefficient (Wildman–Crippen LogP) is 2.85. The lowest BCUT2D eigenvalue weighted by molar-refractivity contribution is -0.128. The number of carbonyl (C=O) groups excluding carboxylic acids is 1. The van der Waals surface area contributed by atoms with Gasteiger partial charge in [-0.2, -0.15) is 0 Å². The number of benzene rings is 1. The molecule has 6 heteroatoms. The maximum atomic E-state index is 13.0. The molecule has 1 aliphatic heterocycles. The number of carbonyl (C=O) groups is 1. The van der Waals surface area contributed by atoms with Crippen LogP contribution in [0.5, 0.6) is 5.75 Å². The van der Waals surface area contributed by atoms with Gasteiger partial charge in [0.15, 0.2) is 6.10 Å². The first-order valence-corrected chi connectivity index (χ1v) is 8.01. The molecule has 22 heavy (non-hydrogen) atoms. The van der Waals surface area contributed by atoms with Crippen molar-refractivity contribution in [3.63, 3.8) is 0 Å². The molecule has 1 aromatic carbocycles. The second-order valence-electron chi connectivity index (χ2n) is 5.55. The first kappa shape index (κ1) is 17.0. The van der Waals surface area contributed by atoms with Crippen molar-refractivity contribution in [1.82, 2.24) is 10.2 Å². The molecule has 0 aromatic heterocycles. The highest BCUT2D eigenvalue weighted by atomic mass is 35.5. The van der Waals surface area contributed by atoms with Gasteiger partial charge < -0.3 is 15.0 Å². The third-order valence-electron chi connectivity index (χ3n) is 3.95. The lowest BCUT2D eigenvalue weighted by Crippen LogP contribution is -2.48. The smallest absolute Gasteiger partial charge is 0.260 e. The van der Waals surface area contributed by atoms with Crippen molar-refractivity contribution in [2.75, 3.05) is 19.6 Å². The lowest BCUT2D eigenvalue weighted by atomic mass is 10.0. The van der Waals surface area contributed by atoms with Crippen LogP contribution in [0.15, 0.2) is 18.2 Å². The molecule has 1 atom stereocenters. The minimum absolute atomic E-state index is 0.163. The van der Waals surface area contributed by atoms with Gasteiger partial charge in [-0.25, -0.2) is 4.39 Å². The van der Waals surface area contributed by atoms with E-state index in [0.717, 1.165) is 32.5 Å². The Morgan fingerprint density at radius 1 is 1.50 bits per heavy atom. The molecule has 1 aromatic rings. The van der Waals surface area contributed by atoms with Crippen molar-refractivity contribution in [3.8, 4) is 5.75 Å². The number of halogens is 2. The molecule has 1 aliphatic rings. The third kappa shape index (κ3) is 4.58. The summed E-state index contributed by atoms with van der Waals surface area (Å²) in [6.07, 6.45) is 1.22. The van der Waals surface area contributed by atoms with E-state index in [0.29, 0.717) is 5.75 Å². The van der Waals surface area contributed by atoms with E-state index < -0.39 is 11.9 Å². The Kier molecular flexibility index (Phi) is 6.03. The van der Waals surface area contributed by atoms with Gasteiger partial charge in [0.2, 0.25) is 0 Å². The quantitative estimate of drug-likeness (QED) is 0.903. The van der Waals surface area contributed by atoms with Crippen LogP contribution in [-0.2, 0) is 4.79 Å². The van der Waals surface area contributed by atoms with E-state index in [4.69, 9.17) is 16.3 Å². The summed E-state index contributed by atoms with van der Waals surface area (Å²) in [5.74, 6) is -0.293. The molecule has 1 heterocycles. The van der Waals surface area contributed by atoms with Gasteiger partial charge in [-0.05, 0) is 44.5 Å². The minimum atomic E-state index is -0.674. The molecule has 1 N–H and O–H groups in total. The monoisotopic (exact) mass is 328 g/mol. The minimum Gasteiger partial charge on any atom is -0.479 e. The standard InChI is InChI=1S/C16H22ClFN2O2/c1-3-20-8-6-13(7-9-20)19-16(21)11(2)22-15-5-4-12(18)10-14(15)17/h4-5,10-11,13H,3,6-9H2,1-2H3,(H,19,21)/t11-/m0/s1. The normalized spacial score (nSPS) is 18.0. The number of piperidine rings is 1. The maximum Gasteiger partial charge on any atom is 0.260 e. The average molecular weight is 329 g/mol. The third-order valence-corrected chi connectivity index (χ3v) is 4.24. The molecular weight excluding hydrogens is 307 g/mol. The Morgan fingerprint density at radius 2 is 2.18 bits per heavy atom. The Morgan fingerprint density at radius 3 is 2.77 bits per heavy atom. The van der Waals surface area contributed by atoms with E-state index in [1.165, 1.54) is 18.2 Å². The van der Waals surface area contributed by atoms with Crippen molar-refractivity contribution < 1.29 is 13.9 Å². The number of nitrogens with one attached hydrogen (secondary N) is 1. The van der Waals surface area contributed by atoms with Gasteiger partial charge in [0.05, 0.1) is 5.02 Å². The van der Waals surface area contributed by atoms with Crippen molar-refractivity contribution in [2.45, 2.75) is 38.8 Å². The summed E-state index contributed by atoms with van der Waals surface area (Å²) < 4.78 is 18.5. The topological polar surface area (TPSA) is 41.6 Å². The first-order chi connectivity index (χ1) is 10.5. The van der Waals surface area contributed by atoms with Crippen LogP contribution in [0.2, 0.25) is 5.02 Å². The Labute approximate surface area is 135 Å². The number of hydrogen-bond donors (Lipinski definition) is 1. The van der Waals surface area contributed by atoms with Crippen molar-refractivity contribution in [1.29, 1.82) is 0 Å². The molecule has 0 spiro atoms. The molecular formula is C16H22ClFN2O2. The fraction of sp³-hybridized carbons (Fsp3) is 0.562. The van der Waals surface area contributed by atoms with Gasteiger partial charge >= 0.3 is 0 Å². The molecule has 0 bridgehead atoms. The number of amides is 1.